The molecule has 146 valence electrons. The second-order valence-corrected chi connectivity index (χ2v) is 9.44. The fourth-order valence-corrected chi connectivity index (χ4v) is 3.10. The minimum absolute atomic E-state index is 0.385. The highest BCUT2D eigenvalue weighted by molar-refractivity contribution is 7.84. The maximum atomic E-state index is 12.7. The number of benzene rings is 2. The summed E-state index contributed by atoms with van der Waals surface area (Å²) in [6.45, 7) is 5.57. The fraction of sp³-hybridized carbons (Fsp3) is 0.300. The van der Waals surface area contributed by atoms with E-state index in [1.54, 1.807) is 24.3 Å². The molecule has 0 saturated carbocycles. The first-order chi connectivity index (χ1) is 12.5. The predicted octanol–water partition coefficient (Wildman–Crippen LogP) is 6.17. The van der Waals surface area contributed by atoms with Gasteiger partial charge in [0.15, 0.2) is 0 Å². The van der Waals surface area contributed by atoms with Crippen molar-refractivity contribution in [1.82, 2.24) is 4.72 Å². The third-order valence-corrected chi connectivity index (χ3v) is 5.57. The van der Waals surface area contributed by atoms with Crippen molar-refractivity contribution in [1.29, 1.82) is 0 Å². The van der Waals surface area contributed by atoms with E-state index in [9.17, 15) is 17.4 Å². The first-order valence-electron chi connectivity index (χ1n) is 8.26. The molecule has 0 saturated heterocycles. The van der Waals surface area contributed by atoms with Gasteiger partial charge in [-0.1, -0.05) is 48.0 Å². The van der Waals surface area contributed by atoms with Crippen LogP contribution >= 0.6 is 11.6 Å². The molecule has 2 rings (SSSR count). The highest BCUT2D eigenvalue weighted by atomic mass is 35.5. The molecule has 2 nitrogen and oxygen atoms in total. The van der Waals surface area contributed by atoms with Gasteiger partial charge in [-0.3, -0.25) is 0 Å². The van der Waals surface area contributed by atoms with Crippen molar-refractivity contribution in [2.24, 2.45) is 0 Å². The summed E-state index contributed by atoms with van der Waals surface area (Å²) in [6.07, 6.45) is -0.888. The topological polar surface area (TPSA) is 29.1 Å². The first kappa shape index (κ1) is 21.7. The molecule has 1 unspecified atom stereocenters. The van der Waals surface area contributed by atoms with Crippen LogP contribution in [0.5, 0.6) is 0 Å². The van der Waals surface area contributed by atoms with E-state index >= 15 is 0 Å². The smallest absolute Gasteiger partial charge is 0.242 e. The van der Waals surface area contributed by atoms with Crippen LogP contribution in [0.4, 0.5) is 13.2 Å². The lowest BCUT2D eigenvalue weighted by atomic mass is 10.1. The predicted molar refractivity (Wildman–Crippen MR) is 106 cm³/mol. The van der Waals surface area contributed by atoms with Crippen LogP contribution < -0.4 is 4.72 Å². The summed E-state index contributed by atoms with van der Waals surface area (Å²) < 4.78 is 53.1. The molecule has 0 aromatic heterocycles. The van der Waals surface area contributed by atoms with Crippen molar-refractivity contribution in [3.05, 3.63) is 76.3 Å². The van der Waals surface area contributed by atoms with Gasteiger partial charge in [0.25, 0.3) is 0 Å². The maximum Gasteiger partial charge on any atom is 0.416 e. The van der Waals surface area contributed by atoms with Crippen LogP contribution in [0.25, 0.3) is 6.08 Å². The largest absolute Gasteiger partial charge is 0.416 e. The Morgan fingerprint density at radius 1 is 1.00 bits per heavy atom. The Labute approximate surface area is 165 Å². The van der Waals surface area contributed by atoms with E-state index in [4.69, 9.17) is 11.6 Å². The zero-order chi connectivity index (χ0) is 20.2. The highest BCUT2D eigenvalue weighted by Crippen LogP contribution is 2.29. The van der Waals surface area contributed by atoms with Gasteiger partial charge in [-0.25, -0.2) is 8.93 Å². The average molecular weight is 416 g/mol. The number of rotatable bonds is 5. The van der Waals surface area contributed by atoms with E-state index in [-0.39, 0.29) is 6.04 Å². The monoisotopic (exact) mass is 415 g/mol. The molecule has 0 spiro atoms. The van der Waals surface area contributed by atoms with Gasteiger partial charge in [0.05, 0.1) is 27.3 Å². The first-order valence-corrected chi connectivity index (χ1v) is 9.78. The van der Waals surface area contributed by atoms with Gasteiger partial charge < -0.3 is 0 Å². The van der Waals surface area contributed by atoms with E-state index in [1.807, 2.05) is 32.9 Å². The van der Waals surface area contributed by atoms with Gasteiger partial charge in [0.2, 0.25) is 0 Å². The van der Waals surface area contributed by atoms with Crippen LogP contribution in [0.3, 0.4) is 0 Å². The molecule has 0 aliphatic carbocycles. The molecule has 0 aliphatic heterocycles. The summed E-state index contributed by atoms with van der Waals surface area (Å²) in [5, 5.41) is 0.584. The molecule has 2 aromatic carbocycles. The lowest BCUT2D eigenvalue weighted by molar-refractivity contribution is -0.137. The van der Waals surface area contributed by atoms with Gasteiger partial charge in [0, 0.05) is 5.02 Å². The number of nitrogens with one attached hydrogen (secondary N) is 1. The molecule has 0 bridgehead atoms. The van der Waals surface area contributed by atoms with Crippen molar-refractivity contribution in [2.45, 2.75) is 37.7 Å². The Bertz CT molecular complexity index is 809. The van der Waals surface area contributed by atoms with Crippen molar-refractivity contribution in [3.63, 3.8) is 0 Å². The Morgan fingerprint density at radius 2 is 1.56 bits per heavy atom. The van der Waals surface area contributed by atoms with E-state index in [0.29, 0.717) is 10.6 Å². The number of alkyl halides is 3. The molecule has 7 heteroatoms. The third kappa shape index (κ3) is 6.48. The second kappa shape index (κ2) is 8.59. The molecular formula is C20H21ClF3NOS. The van der Waals surface area contributed by atoms with Crippen molar-refractivity contribution < 1.29 is 17.4 Å². The Morgan fingerprint density at radius 3 is 2.04 bits per heavy atom. The molecule has 1 N–H and O–H groups in total. The molecule has 0 amide bonds. The van der Waals surface area contributed by atoms with Gasteiger partial charge in [0.1, 0.15) is 0 Å². The summed E-state index contributed by atoms with van der Waals surface area (Å²) in [5.41, 5.74) is 0.770. The lowest BCUT2D eigenvalue weighted by Crippen LogP contribution is -2.35. The SMILES string of the molecule is CC(C)(C)S(=O)N[C@H](/C=C/c1ccc(C(F)(F)F)cc1)c1ccc(Cl)cc1. The number of halogens is 4. The van der Waals surface area contributed by atoms with E-state index in [1.165, 1.54) is 12.1 Å². The Kier molecular flexibility index (Phi) is 6.89. The van der Waals surface area contributed by atoms with Gasteiger partial charge in [-0.15, -0.1) is 0 Å². The normalized spacial score (nSPS) is 15.1. The van der Waals surface area contributed by atoms with Crippen molar-refractivity contribution >= 4 is 28.7 Å². The summed E-state index contributed by atoms with van der Waals surface area (Å²) in [7, 11) is -1.33. The average Bonchev–Trinajstić information content (AvgIpc) is 2.58. The second-order valence-electron chi connectivity index (χ2n) is 7.01. The molecule has 27 heavy (non-hydrogen) atoms. The van der Waals surface area contributed by atoms with Gasteiger partial charge in [-0.2, -0.15) is 13.2 Å². The zero-order valence-corrected chi connectivity index (χ0v) is 16.8. The molecule has 0 aliphatic rings. The van der Waals surface area contributed by atoms with Crippen LogP contribution in [0.15, 0.2) is 54.6 Å². The Hall–Kier alpha value is -1.63. The summed E-state index contributed by atoms with van der Waals surface area (Å²) in [4.78, 5) is 0. The Balaban J connectivity index is 2.26. The maximum absolute atomic E-state index is 12.7. The number of hydrogen-bond donors (Lipinski definition) is 1. The van der Waals surface area contributed by atoms with Crippen LogP contribution in [0.1, 0.15) is 43.5 Å². The van der Waals surface area contributed by atoms with E-state index in [2.05, 4.69) is 4.72 Å². The fourth-order valence-electron chi connectivity index (χ4n) is 2.17. The van der Waals surface area contributed by atoms with Crippen molar-refractivity contribution in [2.75, 3.05) is 0 Å². The van der Waals surface area contributed by atoms with Crippen LogP contribution in [0, 0.1) is 0 Å². The van der Waals surface area contributed by atoms with Gasteiger partial charge in [-0.05, 0) is 56.2 Å². The molecule has 0 radical (unpaired) electrons. The molecule has 0 heterocycles. The molecular weight excluding hydrogens is 395 g/mol. The van der Waals surface area contributed by atoms with Crippen LogP contribution in [-0.4, -0.2) is 8.96 Å². The zero-order valence-electron chi connectivity index (χ0n) is 15.2. The highest BCUT2D eigenvalue weighted by Gasteiger charge is 2.29. The standard InChI is InChI=1S/C20H21ClF3NOS/c1-19(2,3)27(26)25-18(15-7-11-17(21)12-8-15)13-6-14-4-9-16(10-5-14)20(22,23)24/h4-13,18,25H,1-3H3/b13-6+/t18-,27?/m1/s1. The van der Waals surface area contributed by atoms with Gasteiger partial charge >= 0.3 is 6.18 Å². The molecule has 2 atom stereocenters. The van der Waals surface area contributed by atoms with Crippen LogP contribution in [-0.2, 0) is 17.2 Å². The quantitative estimate of drug-likeness (QED) is 0.622. The van der Waals surface area contributed by atoms with Crippen molar-refractivity contribution in [3.8, 4) is 0 Å². The lowest BCUT2D eigenvalue weighted by Gasteiger charge is -2.23. The van der Waals surface area contributed by atoms with E-state index < -0.39 is 27.5 Å². The third-order valence-electron chi connectivity index (χ3n) is 3.74. The summed E-state index contributed by atoms with van der Waals surface area (Å²) >= 11 is 5.93. The summed E-state index contributed by atoms with van der Waals surface area (Å²) in [5.74, 6) is 0. The minimum Gasteiger partial charge on any atom is -0.242 e. The van der Waals surface area contributed by atoms with E-state index in [0.717, 1.165) is 17.7 Å². The molecule has 0 fully saturated rings. The van der Waals surface area contributed by atoms with Crippen LogP contribution in [0.2, 0.25) is 5.02 Å². The molecule has 2 aromatic rings. The minimum atomic E-state index is -4.36. The number of hydrogen-bond acceptors (Lipinski definition) is 1. The summed E-state index contributed by atoms with van der Waals surface area (Å²) in [6, 6.07) is 11.6.